The summed E-state index contributed by atoms with van der Waals surface area (Å²) in [7, 11) is 0. The summed E-state index contributed by atoms with van der Waals surface area (Å²) < 4.78 is 0. The zero-order chi connectivity index (χ0) is 28.6. The number of nitrogens with one attached hydrogen (secondary N) is 2. The van der Waals surface area contributed by atoms with Gasteiger partial charge in [-0.3, -0.25) is 15.1 Å². The minimum absolute atomic E-state index is 0.0337. The van der Waals surface area contributed by atoms with E-state index in [1.165, 1.54) is 10.5 Å². The van der Waals surface area contributed by atoms with E-state index < -0.39 is 5.97 Å². The summed E-state index contributed by atoms with van der Waals surface area (Å²) >= 11 is 0. The Morgan fingerprint density at radius 3 is 2.26 bits per heavy atom. The van der Waals surface area contributed by atoms with Gasteiger partial charge in [0.25, 0.3) is 0 Å². The minimum atomic E-state index is -0.990. The molecule has 0 saturated carbocycles. The third-order valence-electron chi connectivity index (χ3n) is 6.72. The predicted molar refractivity (Wildman–Crippen MR) is 155 cm³/mol. The lowest BCUT2D eigenvalue weighted by Crippen LogP contribution is -2.43. The Balaban J connectivity index is 1.53. The van der Waals surface area contributed by atoms with E-state index in [0.717, 1.165) is 28.7 Å². The normalized spacial score (nSPS) is 11.2. The van der Waals surface area contributed by atoms with Crippen molar-refractivity contribution in [3.63, 3.8) is 0 Å². The number of hydrogen-bond donors (Lipinski definition) is 4. The predicted octanol–water partition coefficient (Wildman–Crippen LogP) is 6.52. The first-order chi connectivity index (χ1) is 18.5. The zero-order valence-corrected chi connectivity index (χ0v) is 23.3. The van der Waals surface area contributed by atoms with E-state index in [1.807, 2.05) is 49.4 Å². The van der Waals surface area contributed by atoms with E-state index in [2.05, 4.69) is 38.2 Å². The molecule has 0 spiro atoms. The minimum Gasteiger partial charge on any atom is -0.508 e. The molecule has 3 aromatic carbocycles. The monoisotopic (exact) mass is 529 g/mol. The molecule has 0 radical (unpaired) electrons. The molecule has 3 rings (SSSR count). The van der Waals surface area contributed by atoms with Crippen LogP contribution < -0.4 is 5.32 Å². The van der Waals surface area contributed by atoms with Crippen molar-refractivity contribution < 1.29 is 19.8 Å². The van der Waals surface area contributed by atoms with Crippen LogP contribution in [-0.2, 0) is 29.6 Å². The second-order valence-electron chi connectivity index (χ2n) is 10.8. The van der Waals surface area contributed by atoms with Crippen molar-refractivity contribution in [1.82, 2.24) is 10.2 Å². The maximum absolute atomic E-state index is 12.8. The number of phenolic OH excluding ortho intramolecular Hbond substituents is 1. The van der Waals surface area contributed by atoms with Crippen molar-refractivity contribution in [3.05, 3.63) is 89.0 Å². The van der Waals surface area contributed by atoms with Gasteiger partial charge in [-0.15, -0.1) is 0 Å². The van der Waals surface area contributed by atoms with Gasteiger partial charge in [0.15, 0.2) is 0 Å². The fourth-order valence-corrected chi connectivity index (χ4v) is 4.41. The van der Waals surface area contributed by atoms with Gasteiger partial charge in [-0.25, -0.2) is 4.79 Å². The summed E-state index contributed by atoms with van der Waals surface area (Å²) in [5, 5.41) is 30.6. The molecule has 0 bridgehead atoms. The Hall–Kier alpha value is -4.13. The smallest absolute Gasteiger partial charge is 0.323 e. The molecular formula is C32H39N3O4. The van der Waals surface area contributed by atoms with Crippen molar-refractivity contribution >= 4 is 17.8 Å². The van der Waals surface area contributed by atoms with Crippen molar-refractivity contribution in [2.75, 3.05) is 6.54 Å². The molecular weight excluding hydrogens is 490 g/mol. The van der Waals surface area contributed by atoms with Crippen LogP contribution in [0.4, 0.5) is 4.79 Å². The lowest BCUT2D eigenvalue weighted by atomic mass is 9.87. The van der Waals surface area contributed by atoms with Gasteiger partial charge in [0.05, 0.1) is 6.42 Å². The van der Waals surface area contributed by atoms with Gasteiger partial charge in [0.2, 0.25) is 0 Å². The first-order valence-electron chi connectivity index (χ1n) is 13.3. The van der Waals surface area contributed by atoms with Crippen LogP contribution in [-0.4, -0.2) is 39.5 Å². The molecule has 7 heteroatoms. The Morgan fingerprint density at radius 1 is 0.949 bits per heavy atom. The number of carbonyl (C=O) groups is 2. The van der Waals surface area contributed by atoms with E-state index >= 15 is 0 Å². The molecule has 4 N–H and O–H groups in total. The first kappa shape index (κ1) is 29.4. The van der Waals surface area contributed by atoms with Crippen LogP contribution in [0.1, 0.15) is 62.8 Å². The Kier molecular flexibility index (Phi) is 9.88. The molecule has 3 aromatic rings. The fourth-order valence-electron chi connectivity index (χ4n) is 4.41. The molecule has 0 fully saturated rings. The van der Waals surface area contributed by atoms with Gasteiger partial charge in [0, 0.05) is 25.1 Å². The number of hydrogen-bond acceptors (Lipinski definition) is 4. The summed E-state index contributed by atoms with van der Waals surface area (Å²) in [5.41, 5.74) is 5.53. The summed E-state index contributed by atoms with van der Waals surface area (Å²) in [4.78, 5) is 25.2. The highest BCUT2D eigenvalue weighted by molar-refractivity contribution is 5.95. The Morgan fingerprint density at radius 2 is 1.64 bits per heavy atom. The molecule has 0 aliphatic rings. The molecule has 0 aliphatic heterocycles. The van der Waals surface area contributed by atoms with Crippen molar-refractivity contribution in [2.45, 2.75) is 65.3 Å². The SMILES string of the molecule is CCN(C(=N)CCCc1cccc(-c2ccc(CC(=O)O)c(O)c2)c1)C(=O)NCc1ccc(C(C)(C)C)cc1. The van der Waals surface area contributed by atoms with Gasteiger partial charge in [-0.2, -0.15) is 0 Å². The number of aromatic hydroxyl groups is 1. The van der Waals surface area contributed by atoms with Gasteiger partial charge in [0.1, 0.15) is 11.6 Å². The second kappa shape index (κ2) is 13.1. The van der Waals surface area contributed by atoms with Gasteiger partial charge >= 0.3 is 12.0 Å². The lowest BCUT2D eigenvalue weighted by Gasteiger charge is -2.22. The number of aliphatic carboxylic acids is 1. The number of nitrogens with zero attached hydrogens (tertiary/aromatic N) is 1. The molecule has 7 nitrogen and oxygen atoms in total. The average molecular weight is 530 g/mol. The van der Waals surface area contributed by atoms with E-state index in [9.17, 15) is 14.7 Å². The molecule has 39 heavy (non-hydrogen) atoms. The number of amidine groups is 1. The van der Waals surface area contributed by atoms with Crippen LogP contribution >= 0.6 is 0 Å². The van der Waals surface area contributed by atoms with Gasteiger partial charge < -0.3 is 15.5 Å². The average Bonchev–Trinajstić information content (AvgIpc) is 2.89. The Bertz CT molecular complexity index is 1310. The molecule has 206 valence electrons. The topological polar surface area (TPSA) is 114 Å². The van der Waals surface area contributed by atoms with E-state index in [0.29, 0.717) is 31.5 Å². The van der Waals surface area contributed by atoms with Crippen molar-refractivity contribution in [1.29, 1.82) is 5.41 Å². The van der Waals surface area contributed by atoms with E-state index in [1.54, 1.807) is 12.1 Å². The fraction of sp³-hybridized carbons (Fsp3) is 0.344. The van der Waals surface area contributed by atoms with Crippen LogP contribution in [0.2, 0.25) is 0 Å². The van der Waals surface area contributed by atoms with Crippen LogP contribution in [0.15, 0.2) is 66.7 Å². The number of urea groups is 1. The first-order valence-corrected chi connectivity index (χ1v) is 13.3. The van der Waals surface area contributed by atoms with E-state index in [4.69, 9.17) is 10.5 Å². The maximum atomic E-state index is 12.8. The molecule has 0 atom stereocenters. The highest BCUT2D eigenvalue weighted by atomic mass is 16.4. The second-order valence-corrected chi connectivity index (χ2v) is 10.8. The number of benzene rings is 3. The number of rotatable bonds is 10. The van der Waals surface area contributed by atoms with Gasteiger partial charge in [-0.1, -0.05) is 81.4 Å². The van der Waals surface area contributed by atoms with Crippen LogP contribution in [0.5, 0.6) is 5.75 Å². The number of carbonyl (C=O) groups excluding carboxylic acids is 1. The standard InChI is InChI=1S/C32H39N3O4/c1-5-35(31(39)34-21-23-12-16-27(17-13-23)32(2,3)4)29(33)11-7-9-22-8-6-10-24(18-22)25-14-15-26(20-30(37)38)28(36)19-25/h6,8,10,12-19,33,36H,5,7,9,11,20-21H2,1-4H3,(H,34,39)(H,37,38). The van der Waals surface area contributed by atoms with Crippen LogP contribution in [0.3, 0.4) is 0 Å². The Labute approximate surface area is 231 Å². The van der Waals surface area contributed by atoms with Crippen molar-refractivity contribution in [3.8, 4) is 16.9 Å². The number of aryl methyl sites for hydroxylation is 1. The summed E-state index contributed by atoms with van der Waals surface area (Å²) in [6.07, 6.45) is 1.69. The van der Waals surface area contributed by atoms with Crippen LogP contribution in [0.25, 0.3) is 11.1 Å². The number of amides is 2. The maximum Gasteiger partial charge on any atom is 0.323 e. The largest absolute Gasteiger partial charge is 0.508 e. The lowest BCUT2D eigenvalue weighted by molar-refractivity contribution is -0.136. The van der Waals surface area contributed by atoms with E-state index in [-0.39, 0.29) is 29.5 Å². The summed E-state index contributed by atoms with van der Waals surface area (Å²) in [6, 6.07) is 20.9. The molecule has 0 heterocycles. The molecule has 2 amide bonds. The number of carboxylic acids is 1. The van der Waals surface area contributed by atoms with Gasteiger partial charge in [-0.05, 0) is 59.1 Å². The van der Waals surface area contributed by atoms with Crippen LogP contribution in [0, 0.1) is 5.41 Å². The molecule has 0 unspecified atom stereocenters. The highest BCUT2D eigenvalue weighted by Gasteiger charge is 2.17. The van der Waals surface area contributed by atoms with Crippen molar-refractivity contribution in [2.24, 2.45) is 0 Å². The third kappa shape index (κ3) is 8.43. The third-order valence-corrected chi connectivity index (χ3v) is 6.72. The molecule has 0 aromatic heterocycles. The summed E-state index contributed by atoms with van der Waals surface area (Å²) in [6.45, 7) is 9.20. The highest BCUT2D eigenvalue weighted by Crippen LogP contribution is 2.28. The molecule has 0 aliphatic carbocycles. The quantitative estimate of drug-likeness (QED) is 0.177. The zero-order valence-electron chi connectivity index (χ0n) is 23.3. The number of carboxylic acid groups (broad SMARTS) is 1. The molecule has 0 saturated heterocycles. The summed E-state index contributed by atoms with van der Waals surface area (Å²) in [5.74, 6) is -0.739. The number of phenols is 1.